The first-order chi connectivity index (χ1) is 7.03. The van der Waals surface area contributed by atoms with E-state index in [-0.39, 0.29) is 0 Å². The molecule has 0 saturated carbocycles. The molecule has 0 aromatic rings. The molecule has 84 valence electrons. The molecule has 0 aromatic heterocycles. The normalized spacial score (nSPS) is 26.1. The molecule has 2 atom stereocenters. The zero-order valence-electron chi connectivity index (χ0n) is 9.02. The number of hydrogen-bond donors (Lipinski definition) is 0. The van der Waals surface area contributed by atoms with Gasteiger partial charge >= 0.3 is 11.9 Å². The summed E-state index contributed by atoms with van der Waals surface area (Å²) in [5.74, 6) is -0.967. The Morgan fingerprint density at radius 1 is 1.47 bits per heavy atom. The molecule has 1 heterocycles. The minimum atomic E-state index is -1.15. The van der Waals surface area contributed by atoms with E-state index in [1.807, 2.05) is 0 Å². The van der Waals surface area contributed by atoms with E-state index in [4.69, 9.17) is 4.74 Å². The van der Waals surface area contributed by atoms with Crippen LogP contribution in [0.2, 0.25) is 0 Å². The van der Waals surface area contributed by atoms with Crippen molar-refractivity contribution in [3.8, 4) is 0 Å². The molecule has 0 bridgehead atoms. The monoisotopic (exact) mass is 214 g/mol. The highest BCUT2D eigenvalue weighted by Gasteiger charge is 2.49. The zero-order valence-corrected chi connectivity index (χ0v) is 9.02. The Labute approximate surface area is 87.6 Å². The summed E-state index contributed by atoms with van der Waals surface area (Å²) in [6.07, 6.45) is -0.248. The zero-order chi connectivity index (χ0) is 11.5. The first-order valence-electron chi connectivity index (χ1n) is 4.67. The van der Waals surface area contributed by atoms with E-state index >= 15 is 0 Å². The Balaban J connectivity index is 2.86. The largest absolute Gasteiger partial charge is 0.467 e. The fourth-order valence-corrected chi connectivity index (χ4v) is 1.56. The lowest BCUT2D eigenvalue weighted by Crippen LogP contribution is -2.47. The van der Waals surface area contributed by atoms with Crippen LogP contribution < -0.4 is 0 Å². The van der Waals surface area contributed by atoms with Gasteiger partial charge < -0.3 is 9.47 Å². The van der Waals surface area contributed by atoms with Crippen LogP contribution in [-0.2, 0) is 19.1 Å². The molecule has 1 aliphatic rings. The second-order valence-electron chi connectivity index (χ2n) is 3.38. The molecule has 0 spiro atoms. The minimum Gasteiger partial charge on any atom is -0.467 e. The first-order valence-corrected chi connectivity index (χ1v) is 4.67. The van der Waals surface area contributed by atoms with Gasteiger partial charge in [0.1, 0.15) is 6.10 Å². The molecule has 6 nitrogen and oxygen atoms in total. The molecule has 0 fully saturated rings. The van der Waals surface area contributed by atoms with E-state index in [1.54, 1.807) is 6.92 Å². The smallest absolute Gasteiger partial charge is 0.339 e. The summed E-state index contributed by atoms with van der Waals surface area (Å²) in [6.45, 7) is 3.34. The van der Waals surface area contributed by atoms with Gasteiger partial charge in [0.25, 0.3) is 0 Å². The van der Waals surface area contributed by atoms with E-state index < -0.39 is 23.6 Å². The van der Waals surface area contributed by atoms with Gasteiger partial charge in [0.15, 0.2) is 0 Å². The molecule has 0 aromatic carbocycles. The fourth-order valence-electron chi connectivity index (χ4n) is 1.56. The standard InChI is InChI=1S/C9H14N2O4/c1-6(15-7(2)12)9(8(13)14-3)4-5-10-11-9/h6H,4-5H2,1-3H3/t6-,9-/m1/s1. The molecule has 0 saturated heterocycles. The summed E-state index contributed by atoms with van der Waals surface area (Å²) in [7, 11) is 1.28. The molecule has 1 aliphatic heterocycles. The van der Waals surface area contributed by atoms with Gasteiger partial charge in [-0.25, -0.2) is 4.79 Å². The maximum atomic E-state index is 11.6. The van der Waals surface area contributed by atoms with Crippen molar-refractivity contribution in [2.45, 2.75) is 31.9 Å². The predicted octanol–water partition coefficient (Wildman–Crippen LogP) is 0.706. The number of rotatable bonds is 3. The number of carbonyl (C=O) groups excluding carboxylic acids is 2. The van der Waals surface area contributed by atoms with E-state index in [0.717, 1.165) is 0 Å². The van der Waals surface area contributed by atoms with Crippen molar-refractivity contribution in [3.05, 3.63) is 0 Å². The highest BCUT2D eigenvalue weighted by Crippen LogP contribution is 2.30. The number of ether oxygens (including phenoxy) is 2. The molecule has 0 amide bonds. The van der Waals surface area contributed by atoms with Crippen molar-refractivity contribution in [2.24, 2.45) is 10.2 Å². The van der Waals surface area contributed by atoms with E-state index in [0.29, 0.717) is 13.0 Å². The Hall–Kier alpha value is -1.46. The van der Waals surface area contributed by atoms with Crippen LogP contribution in [0.1, 0.15) is 20.3 Å². The molecule has 0 unspecified atom stereocenters. The fraction of sp³-hybridized carbons (Fsp3) is 0.778. The highest BCUT2D eigenvalue weighted by molar-refractivity contribution is 5.82. The van der Waals surface area contributed by atoms with Crippen molar-refractivity contribution >= 4 is 11.9 Å². The van der Waals surface area contributed by atoms with Gasteiger partial charge in [-0.2, -0.15) is 10.2 Å². The minimum absolute atomic E-state index is 0.411. The lowest BCUT2D eigenvalue weighted by Gasteiger charge is -2.27. The van der Waals surface area contributed by atoms with Gasteiger partial charge in [-0.15, -0.1) is 0 Å². The number of methoxy groups -OCH3 is 1. The lowest BCUT2D eigenvalue weighted by atomic mass is 9.91. The van der Waals surface area contributed by atoms with Crippen LogP contribution in [0.15, 0.2) is 10.2 Å². The van der Waals surface area contributed by atoms with Crippen molar-refractivity contribution in [1.29, 1.82) is 0 Å². The number of esters is 2. The van der Waals surface area contributed by atoms with Gasteiger partial charge in [-0.1, -0.05) is 0 Å². The third kappa shape index (κ3) is 2.14. The third-order valence-electron chi connectivity index (χ3n) is 2.40. The maximum Gasteiger partial charge on any atom is 0.339 e. The topological polar surface area (TPSA) is 77.3 Å². The highest BCUT2D eigenvalue weighted by atomic mass is 16.6. The molecule has 0 N–H and O–H groups in total. The Morgan fingerprint density at radius 2 is 2.13 bits per heavy atom. The molecule has 0 radical (unpaired) electrons. The van der Waals surface area contributed by atoms with Gasteiger partial charge in [0.05, 0.1) is 13.7 Å². The van der Waals surface area contributed by atoms with Gasteiger partial charge in [0.2, 0.25) is 5.54 Å². The van der Waals surface area contributed by atoms with Crippen LogP contribution in [0.4, 0.5) is 0 Å². The molecule has 15 heavy (non-hydrogen) atoms. The Morgan fingerprint density at radius 3 is 2.53 bits per heavy atom. The average molecular weight is 214 g/mol. The third-order valence-corrected chi connectivity index (χ3v) is 2.40. The summed E-state index contributed by atoms with van der Waals surface area (Å²) in [4.78, 5) is 22.4. The van der Waals surface area contributed by atoms with Crippen molar-refractivity contribution in [1.82, 2.24) is 0 Å². The summed E-state index contributed by atoms with van der Waals surface area (Å²) >= 11 is 0. The van der Waals surface area contributed by atoms with Crippen LogP contribution in [-0.4, -0.2) is 37.2 Å². The molecular formula is C9H14N2O4. The number of hydrogen-bond acceptors (Lipinski definition) is 6. The van der Waals surface area contributed by atoms with E-state index in [2.05, 4.69) is 15.0 Å². The van der Waals surface area contributed by atoms with E-state index in [9.17, 15) is 9.59 Å². The molecule has 6 heteroatoms. The number of carbonyl (C=O) groups is 2. The molecule has 0 aliphatic carbocycles. The Kier molecular flexibility index (Phi) is 3.39. The van der Waals surface area contributed by atoms with Crippen LogP contribution in [0.3, 0.4) is 0 Å². The van der Waals surface area contributed by atoms with Gasteiger partial charge in [-0.05, 0) is 6.92 Å². The Bertz CT molecular complexity index is 302. The van der Waals surface area contributed by atoms with Crippen molar-refractivity contribution in [3.63, 3.8) is 0 Å². The maximum absolute atomic E-state index is 11.6. The van der Waals surface area contributed by atoms with Crippen LogP contribution in [0.25, 0.3) is 0 Å². The van der Waals surface area contributed by atoms with Gasteiger partial charge in [-0.3, -0.25) is 4.79 Å². The van der Waals surface area contributed by atoms with Crippen LogP contribution in [0, 0.1) is 0 Å². The predicted molar refractivity (Wildman–Crippen MR) is 50.3 cm³/mol. The summed E-state index contributed by atoms with van der Waals surface area (Å²) in [6, 6.07) is 0. The van der Waals surface area contributed by atoms with Crippen molar-refractivity contribution < 1.29 is 19.1 Å². The quantitative estimate of drug-likeness (QED) is 0.648. The lowest BCUT2D eigenvalue weighted by molar-refractivity contribution is -0.159. The van der Waals surface area contributed by atoms with Crippen LogP contribution >= 0.6 is 0 Å². The number of nitrogens with zero attached hydrogens (tertiary/aromatic N) is 2. The number of azo groups is 1. The SMILES string of the molecule is COC(=O)[C@]1([C@@H](C)OC(C)=O)CCN=N1. The average Bonchev–Trinajstić information content (AvgIpc) is 2.65. The summed E-state index contributed by atoms with van der Waals surface area (Å²) in [5.41, 5.74) is -1.15. The first kappa shape index (κ1) is 11.6. The van der Waals surface area contributed by atoms with Crippen LogP contribution in [0.5, 0.6) is 0 Å². The van der Waals surface area contributed by atoms with E-state index in [1.165, 1.54) is 14.0 Å². The molecular weight excluding hydrogens is 200 g/mol. The second-order valence-corrected chi connectivity index (χ2v) is 3.38. The second kappa shape index (κ2) is 4.37. The molecule has 1 rings (SSSR count). The summed E-state index contributed by atoms with van der Waals surface area (Å²) < 4.78 is 9.62. The van der Waals surface area contributed by atoms with Gasteiger partial charge in [0, 0.05) is 13.3 Å². The van der Waals surface area contributed by atoms with Crippen molar-refractivity contribution in [2.75, 3.05) is 13.7 Å². The summed E-state index contributed by atoms with van der Waals surface area (Å²) in [5, 5.41) is 7.63.